The first kappa shape index (κ1) is 17.6. The van der Waals surface area contributed by atoms with E-state index in [1.165, 1.54) is 0 Å². The molecule has 3 rings (SSSR count). The predicted octanol–water partition coefficient (Wildman–Crippen LogP) is 3.91. The van der Waals surface area contributed by atoms with Crippen LogP contribution in [0.2, 0.25) is 5.02 Å². The summed E-state index contributed by atoms with van der Waals surface area (Å²) in [6.45, 7) is 5.72. The normalized spacial score (nSPS) is 14.1. The maximum atomic E-state index is 12.5. The number of nitrogens with zero attached hydrogens (tertiary/aromatic N) is 1. The van der Waals surface area contributed by atoms with Gasteiger partial charge in [0.1, 0.15) is 0 Å². The molecule has 5 heteroatoms. The zero-order valence-electron chi connectivity index (χ0n) is 14.5. The number of rotatable bonds is 4. The van der Waals surface area contributed by atoms with E-state index >= 15 is 0 Å². The molecule has 130 valence electrons. The van der Waals surface area contributed by atoms with Crippen LogP contribution < -0.4 is 10.6 Å². The Labute approximate surface area is 153 Å². The van der Waals surface area contributed by atoms with Gasteiger partial charge in [0, 0.05) is 18.4 Å². The maximum absolute atomic E-state index is 12.5. The number of carbonyl (C=O) groups excluding carboxylic acids is 1. The summed E-state index contributed by atoms with van der Waals surface area (Å²) in [6, 6.07) is 7.78. The first-order valence-corrected chi connectivity index (χ1v) is 8.83. The van der Waals surface area contributed by atoms with Crippen molar-refractivity contribution in [2.24, 2.45) is 0 Å². The summed E-state index contributed by atoms with van der Waals surface area (Å²) < 4.78 is 0. The molecule has 1 aromatic carbocycles. The highest BCUT2D eigenvalue weighted by molar-refractivity contribution is 6.33. The lowest BCUT2D eigenvalue weighted by Crippen LogP contribution is -2.20. The largest absolute Gasteiger partial charge is 0.325 e. The van der Waals surface area contributed by atoms with Crippen molar-refractivity contribution in [3.8, 4) is 0 Å². The van der Waals surface area contributed by atoms with Gasteiger partial charge in [-0.25, -0.2) is 0 Å². The van der Waals surface area contributed by atoms with Crippen molar-refractivity contribution in [1.82, 2.24) is 10.3 Å². The van der Waals surface area contributed by atoms with Crippen LogP contribution in [0, 0.1) is 13.8 Å². The number of hydrogen-bond donors (Lipinski definition) is 2. The van der Waals surface area contributed by atoms with Gasteiger partial charge in [-0.2, -0.15) is 0 Å². The molecule has 0 unspecified atom stereocenters. The van der Waals surface area contributed by atoms with Gasteiger partial charge in [-0.05, 0) is 55.1 Å². The van der Waals surface area contributed by atoms with Crippen LogP contribution in [0.3, 0.4) is 0 Å². The topological polar surface area (TPSA) is 54.0 Å². The fourth-order valence-electron chi connectivity index (χ4n) is 3.05. The first-order valence-electron chi connectivity index (χ1n) is 8.46. The maximum Gasteiger partial charge on any atom is 0.228 e. The summed E-state index contributed by atoms with van der Waals surface area (Å²) in [6.07, 6.45) is 4.96. The van der Waals surface area contributed by atoms with Gasteiger partial charge in [0.2, 0.25) is 5.91 Å². The quantitative estimate of drug-likeness (QED) is 0.874. The third kappa shape index (κ3) is 4.09. The summed E-state index contributed by atoms with van der Waals surface area (Å²) in [7, 11) is 0. The molecular weight excluding hydrogens is 334 g/mol. The molecule has 0 saturated heterocycles. The predicted molar refractivity (Wildman–Crippen MR) is 103 cm³/mol. The van der Waals surface area contributed by atoms with E-state index in [0.29, 0.717) is 5.02 Å². The van der Waals surface area contributed by atoms with Gasteiger partial charge in [-0.15, -0.1) is 0 Å². The Morgan fingerprint density at radius 3 is 2.72 bits per heavy atom. The number of pyridine rings is 1. The zero-order chi connectivity index (χ0) is 17.8. The van der Waals surface area contributed by atoms with Crippen LogP contribution >= 0.6 is 11.6 Å². The number of carbonyl (C=O) groups is 1. The van der Waals surface area contributed by atoms with E-state index in [1.54, 1.807) is 6.20 Å². The number of anilines is 1. The second-order valence-corrected chi connectivity index (χ2v) is 6.69. The molecule has 1 amide bonds. The van der Waals surface area contributed by atoms with Crippen molar-refractivity contribution in [2.75, 3.05) is 18.4 Å². The third-order valence-corrected chi connectivity index (χ3v) is 4.86. The zero-order valence-corrected chi connectivity index (χ0v) is 15.3. The lowest BCUT2D eigenvalue weighted by molar-refractivity contribution is -0.115. The SMILES string of the molecule is Cc1cccc(C)c1NC(=O)Cc1ccnc(C2=CCNCC2)c1Cl. The van der Waals surface area contributed by atoms with Crippen LogP contribution in [0.1, 0.15) is 28.8 Å². The molecule has 0 fully saturated rings. The Bertz CT molecular complexity index is 809. The number of benzene rings is 1. The Morgan fingerprint density at radius 2 is 2.04 bits per heavy atom. The molecule has 2 heterocycles. The number of hydrogen-bond acceptors (Lipinski definition) is 3. The van der Waals surface area contributed by atoms with E-state index in [4.69, 9.17) is 11.6 Å². The molecule has 0 bridgehead atoms. The van der Waals surface area contributed by atoms with E-state index in [2.05, 4.69) is 21.7 Å². The number of amides is 1. The molecule has 1 aliphatic heterocycles. The van der Waals surface area contributed by atoms with Crippen molar-refractivity contribution in [3.63, 3.8) is 0 Å². The molecule has 1 aliphatic rings. The van der Waals surface area contributed by atoms with Crippen molar-refractivity contribution in [2.45, 2.75) is 26.7 Å². The summed E-state index contributed by atoms with van der Waals surface area (Å²) in [4.78, 5) is 16.9. The Morgan fingerprint density at radius 1 is 1.28 bits per heavy atom. The summed E-state index contributed by atoms with van der Waals surface area (Å²) >= 11 is 6.55. The molecule has 0 radical (unpaired) electrons. The highest BCUT2D eigenvalue weighted by Gasteiger charge is 2.16. The summed E-state index contributed by atoms with van der Waals surface area (Å²) in [5, 5.41) is 6.86. The van der Waals surface area contributed by atoms with Crippen LogP contribution in [0.4, 0.5) is 5.69 Å². The minimum atomic E-state index is -0.0734. The van der Waals surface area contributed by atoms with Gasteiger partial charge in [0.25, 0.3) is 0 Å². The fraction of sp³-hybridized carbons (Fsp3) is 0.300. The number of aryl methyl sites for hydroxylation is 2. The van der Waals surface area contributed by atoms with Gasteiger partial charge >= 0.3 is 0 Å². The van der Waals surface area contributed by atoms with Crippen LogP contribution in [-0.2, 0) is 11.2 Å². The van der Waals surface area contributed by atoms with Gasteiger partial charge in [-0.1, -0.05) is 35.9 Å². The molecule has 0 atom stereocenters. The van der Waals surface area contributed by atoms with Crippen molar-refractivity contribution < 1.29 is 4.79 Å². The van der Waals surface area contributed by atoms with Crippen molar-refractivity contribution >= 4 is 28.8 Å². The van der Waals surface area contributed by atoms with Crippen LogP contribution in [0.25, 0.3) is 5.57 Å². The van der Waals surface area contributed by atoms with E-state index in [-0.39, 0.29) is 12.3 Å². The molecule has 0 saturated carbocycles. The van der Waals surface area contributed by atoms with E-state index in [9.17, 15) is 4.79 Å². The minimum Gasteiger partial charge on any atom is -0.325 e. The second kappa shape index (κ2) is 7.81. The molecule has 1 aromatic heterocycles. The Balaban J connectivity index is 1.79. The Kier molecular flexibility index (Phi) is 5.51. The molecule has 2 N–H and O–H groups in total. The molecular formula is C20H22ClN3O. The Hall–Kier alpha value is -2.17. The monoisotopic (exact) mass is 355 g/mol. The average molecular weight is 356 g/mol. The number of para-hydroxylation sites is 1. The standard InChI is InChI=1S/C20H22ClN3O/c1-13-4-3-5-14(2)19(13)24-17(25)12-16-8-11-23-20(18(16)21)15-6-9-22-10-7-15/h3-6,8,11,22H,7,9-10,12H2,1-2H3,(H,24,25). The van der Waals surface area contributed by atoms with Crippen molar-refractivity contribution in [1.29, 1.82) is 0 Å². The van der Waals surface area contributed by atoms with Gasteiger partial charge < -0.3 is 10.6 Å². The number of halogens is 1. The van der Waals surface area contributed by atoms with Crippen molar-refractivity contribution in [3.05, 3.63) is 63.9 Å². The average Bonchev–Trinajstić information content (AvgIpc) is 2.61. The highest BCUT2D eigenvalue weighted by atomic mass is 35.5. The van der Waals surface area contributed by atoms with Crippen LogP contribution in [0.15, 0.2) is 36.5 Å². The summed E-state index contributed by atoms with van der Waals surface area (Å²) in [5.74, 6) is -0.0734. The smallest absolute Gasteiger partial charge is 0.228 e. The van der Waals surface area contributed by atoms with Gasteiger partial charge in [0.15, 0.2) is 0 Å². The van der Waals surface area contributed by atoms with Gasteiger partial charge in [-0.3, -0.25) is 9.78 Å². The summed E-state index contributed by atoms with van der Waals surface area (Å²) in [5.41, 5.74) is 5.71. The molecule has 0 spiro atoms. The van der Waals surface area contributed by atoms with Crippen LogP contribution in [0.5, 0.6) is 0 Å². The number of nitrogens with one attached hydrogen (secondary N) is 2. The lowest BCUT2D eigenvalue weighted by Gasteiger charge is -2.16. The van der Waals surface area contributed by atoms with E-state index in [1.807, 2.05) is 38.1 Å². The number of aromatic nitrogens is 1. The molecule has 4 nitrogen and oxygen atoms in total. The lowest BCUT2D eigenvalue weighted by atomic mass is 10.0. The minimum absolute atomic E-state index is 0.0734. The third-order valence-electron chi connectivity index (χ3n) is 4.43. The second-order valence-electron chi connectivity index (χ2n) is 6.31. The fourth-order valence-corrected chi connectivity index (χ4v) is 3.35. The van der Waals surface area contributed by atoms with Crippen LogP contribution in [-0.4, -0.2) is 24.0 Å². The molecule has 25 heavy (non-hydrogen) atoms. The first-order chi connectivity index (χ1) is 12.1. The molecule has 2 aromatic rings. The van der Waals surface area contributed by atoms with E-state index < -0.39 is 0 Å². The van der Waals surface area contributed by atoms with E-state index in [0.717, 1.165) is 53.2 Å². The highest BCUT2D eigenvalue weighted by Crippen LogP contribution is 2.28. The van der Waals surface area contributed by atoms with Gasteiger partial charge in [0.05, 0.1) is 17.1 Å². The molecule has 0 aliphatic carbocycles.